The van der Waals surface area contributed by atoms with Gasteiger partial charge in [0.25, 0.3) is 0 Å². The second kappa shape index (κ2) is 6.76. The molecule has 0 spiro atoms. The molecule has 0 radical (unpaired) electrons. The monoisotopic (exact) mass is 284 g/mol. The predicted molar refractivity (Wildman–Crippen MR) is 69.7 cm³/mol. The zero-order valence-corrected chi connectivity index (χ0v) is 11.1. The highest BCUT2D eigenvalue weighted by molar-refractivity contribution is 5.81. The van der Waals surface area contributed by atoms with Crippen molar-refractivity contribution in [1.82, 2.24) is 5.32 Å². The van der Waals surface area contributed by atoms with Gasteiger partial charge in [-0.2, -0.15) is 0 Å². The van der Waals surface area contributed by atoms with E-state index in [9.17, 15) is 13.6 Å². The second-order valence-corrected chi connectivity index (χ2v) is 4.93. The SMILES string of the molecule is NC(C(=O)NCc1ccc(F)cc1F)C1CCOCC1. The summed E-state index contributed by atoms with van der Waals surface area (Å²) in [5.41, 5.74) is 6.13. The van der Waals surface area contributed by atoms with Crippen molar-refractivity contribution in [2.75, 3.05) is 13.2 Å². The molecule has 2 rings (SSSR count). The highest BCUT2D eigenvalue weighted by atomic mass is 19.1. The molecule has 4 nitrogen and oxygen atoms in total. The van der Waals surface area contributed by atoms with Crippen LogP contribution in [0.15, 0.2) is 18.2 Å². The minimum absolute atomic E-state index is 0.00185. The first-order chi connectivity index (χ1) is 9.58. The smallest absolute Gasteiger partial charge is 0.237 e. The van der Waals surface area contributed by atoms with Crippen molar-refractivity contribution >= 4 is 5.91 Å². The molecule has 3 N–H and O–H groups in total. The average Bonchev–Trinajstić information content (AvgIpc) is 2.46. The Kier molecular flexibility index (Phi) is 5.03. The average molecular weight is 284 g/mol. The normalized spacial score (nSPS) is 17.8. The Morgan fingerprint density at radius 3 is 2.75 bits per heavy atom. The van der Waals surface area contributed by atoms with Crippen LogP contribution in [0.4, 0.5) is 8.78 Å². The molecule has 1 aromatic carbocycles. The van der Waals surface area contributed by atoms with E-state index in [4.69, 9.17) is 10.5 Å². The number of ether oxygens (including phenoxy) is 1. The molecule has 20 heavy (non-hydrogen) atoms. The van der Waals surface area contributed by atoms with Crippen molar-refractivity contribution in [3.63, 3.8) is 0 Å². The summed E-state index contributed by atoms with van der Waals surface area (Å²) in [6.07, 6.45) is 1.50. The van der Waals surface area contributed by atoms with Gasteiger partial charge in [-0.15, -0.1) is 0 Å². The van der Waals surface area contributed by atoms with Crippen LogP contribution < -0.4 is 11.1 Å². The Balaban J connectivity index is 1.87. The van der Waals surface area contributed by atoms with E-state index in [0.717, 1.165) is 25.0 Å². The summed E-state index contributed by atoms with van der Waals surface area (Å²) >= 11 is 0. The van der Waals surface area contributed by atoms with Crippen molar-refractivity contribution in [3.05, 3.63) is 35.4 Å². The lowest BCUT2D eigenvalue weighted by atomic mass is 9.92. The van der Waals surface area contributed by atoms with E-state index >= 15 is 0 Å². The first-order valence-electron chi connectivity index (χ1n) is 6.63. The second-order valence-electron chi connectivity index (χ2n) is 4.93. The Hall–Kier alpha value is -1.53. The lowest BCUT2D eigenvalue weighted by Crippen LogP contribution is -2.46. The van der Waals surface area contributed by atoms with E-state index in [-0.39, 0.29) is 23.9 Å². The molecule has 1 aliphatic rings. The van der Waals surface area contributed by atoms with Crippen LogP contribution in [0, 0.1) is 17.6 Å². The van der Waals surface area contributed by atoms with Crippen LogP contribution in [0.25, 0.3) is 0 Å². The van der Waals surface area contributed by atoms with Crippen LogP contribution in [0.5, 0.6) is 0 Å². The zero-order chi connectivity index (χ0) is 14.5. The fourth-order valence-corrected chi connectivity index (χ4v) is 2.25. The molecule has 1 fully saturated rings. The lowest BCUT2D eigenvalue weighted by molar-refractivity contribution is -0.124. The van der Waals surface area contributed by atoms with Gasteiger partial charge < -0.3 is 15.8 Å². The predicted octanol–water partition coefficient (Wildman–Crippen LogP) is 1.33. The third kappa shape index (κ3) is 3.74. The fraction of sp³-hybridized carbons (Fsp3) is 0.500. The molecule has 1 aliphatic heterocycles. The van der Waals surface area contributed by atoms with Gasteiger partial charge in [-0.3, -0.25) is 4.79 Å². The molecule has 0 saturated carbocycles. The van der Waals surface area contributed by atoms with Crippen LogP contribution in [0.3, 0.4) is 0 Å². The van der Waals surface area contributed by atoms with Crippen LogP contribution in [-0.4, -0.2) is 25.2 Å². The van der Waals surface area contributed by atoms with Gasteiger partial charge in [-0.1, -0.05) is 6.07 Å². The van der Waals surface area contributed by atoms with Crippen molar-refractivity contribution in [3.8, 4) is 0 Å². The van der Waals surface area contributed by atoms with E-state index in [1.807, 2.05) is 0 Å². The number of nitrogens with one attached hydrogen (secondary N) is 1. The molecule has 1 atom stereocenters. The van der Waals surface area contributed by atoms with Gasteiger partial charge in [0, 0.05) is 31.4 Å². The van der Waals surface area contributed by atoms with Crippen molar-refractivity contribution in [2.45, 2.75) is 25.4 Å². The Labute approximate surface area is 116 Å². The van der Waals surface area contributed by atoms with E-state index in [0.29, 0.717) is 13.2 Å². The Morgan fingerprint density at radius 1 is 1.40 bits per heavy atom. The van der Waals surface area contributed by atoms with Gasteiger partial charge >= 0.3 is 0 Å². The van der Waals surface area contributed by atoms with Crippen LogP contribution >= 0.6 is 0 Å². The largest absolute Gasteiger partial charge is 0.381 e. The molecule has 110 valence electrons. The molecule has 0 bridgehead atoms. The van der Waals surface area contributed by atoms with Crippen molar-refractivity contribution in [1.29, 1.82) is 0 Å². The maximum Gasteiger partial charge on any atom is 0.237 e. The van der Waals surface area contributed by atoms with Gasteiger partial charge in [-0.25, -0.2) is 8.78 Å². The van der Waals surface area contributed by atoms with E-state index in [1.54, 1.807) is 0 Å². The fourth-order valence-electron chi connectivity index (χ4n) is 2.25. The van der Waals surface area contributed by atoms with Crippen LogP contribution in [0.1, 0.15) is 18.4 Å². The molecule has 6 heteroatoms. The quantitative estimate of drug-likeness (QED) is 0.877. The molecule has 1 unspecified atom stereocenters. The van der Waals surface area contributed by atoms with Crippen molar-refractivity contribution in [2.24, 2.45) is 11.7 Å². The molecule has 1 heterocycles. The zero-order valence-electron chi connectivity index (χ0n) is 11.1. The van der Waals surface area contributed by atoms with E-state index in [1.165, 1.54) is 6.07 Å². The maximum absolute atomic E-state index is 13.4. The number of amides is 1. The number of halogens is 2. The summed E-state index contributed by atoms with van der Waals surface area (Å²) in [5.74, 6) is -1.55. The number of benzene rings is 1. The van der Waals surface area contributed by atoms with E-state index in [2.05, 4.69) is 5.32 Å². The number of carbonyl (C=O) groups excluding carboxylic acids is 1. The minimum atomic E-state index is -0.676. The molecule has 1 aromatic rings. The molecule has 1 saturated heterocycles. The lowest BCUT2D eigenvalue weighted by Gasteiger charge is -2.26. The molecule has 0 aliphatic carbocycles. The van der Waals surface area contributed by atoms with Crippen LogP contribution in [0.2, 0.25) is 0 Å². The summed E-state index contributed by atoms with van der Waals surface area (Å²) < 4.78 is 31.4. The van der Waals surface area contributed by atoms with Gasteiger partial charge in [0.05, 0.1) is 6.04 Å². The standard InChI is InChI=1S/C14H18F2N2O2/c15-11-2-1-10(12(16)7-11)8-18-14(19)13(17)9-3-5-20-6-4-9/h1-2,7,9,13H,3-6,8,17H2,(H,18,19). The number of hydrogen-bond donors (Lipinski definition) is 2. The van der Waals surface area contributed by atoms with Crippen molar-refractivity contribution < 1.29 is 18.3 Å². The Bertz CT molecular complexity index is 476. The number of hydrogen-bond acceptors (Lipinski definition) is 3. The summed E-state index contributed by atoms with van der Waals surface area (Å²) in [4.78, 5) is 11.9. The van der Waals surface area contributed by atoms with Gasteiger partial charge in [0.15, 0.2) is 0 Å². The van der Waals surface area contributed by atoms with Gasteiger partial charge in [-0.05, 0) is 24.8 Å². The maximum atomic E-state index is 13.4. The molecule has 0 aromatic heterocycles. The van der Waals surface area contributed by atoms with E-state index < -0.39 is 17.7 Å². The summed E-state index contributed by atoms with van der Waals surface area (Å²) in [7, 11) is 0. The van der Waals surface area contributed by atoms with Gasteiger partial charge in [0.1, 0.15) is 11.6 Å². The number of nitrogens with two attached hydrogens (primary N) is 1. The first-order valence-corrected chi connectivity index (χ1v) is 6.63. The molecular formula is C14H18F2N2O2. The van der Waals surface area contributed by atoms with Gasteiger partial charge in [0.2, 0.25) is 5.91 Å². The minimum Gasteiger partial charge on any atom is -0.381 e. The highest BCUT2D eigenvalue weighted by Gasteiger charge is 2.26. The highest BCUT2D eigenvalue weighted by Crippen LogP contribution is 2.18. The third-order valence-corrected chi connectivity index (χ3v) is 3.54. The third-order valence-electron chi connectivity index (χ3n) is 3.54. The summed E-state index contributed by atoms with van der Waals surface area (Å²) in [6.45, 7) is 1.22. The molecule has 1 amide bonds. The molecular weight excluding hydrogens is 266 g/mol. The summed E-state index contributed by atoms with van der Waals surface area (Å²) in [5, 5.41) is 2.59. The van der Waals surface area contributed by atoms with Crippen LogP contribution in [-0.2, 0) is 16.1 Å². The Morgan fingerprint density at radius 2 is 2.10 bits per heavy atom. The summed E-state index contributed by atoms with van der Waals surface area (Å²) in [6, 6.07) is 2.63. The number of rotatable bonds is 4. The number of carbonyl (C=O) groups is 1. The topological polar surface area (TPSA) is 64.4 Å². The first kappa shape index (κ1) is 14.9.